The molecule has 0 spiro atoms. The molecule has 0 saturated heterocycles. The van der Waals surface area contributed by atoms with Crippen LogP contribution in [-0.2, 0) is 6.42 Å². The molecule has 1 aliphatic carbocycles. The Balaban J connectivity index is 1.64. The van der Waals surface area contributed by atoms with Gasteiger partial charge in [-0.15, -0.1) is 0 Å². The first-order valence-electron chi connectivity index (χ1n) is 10.2. The molecule has 5 heteroatoms. The maximum absolute atomic E-state index is 12.2. The van der Waals surface area contributed by atoms with Crippen molar-refractivity contribution in [2.75, 3.05) is 0 Å². The second-order valence-corrected chi connectivity index (χ2v) is 8.47. The van der Waals surface area contributed by atoms with Gasteiger partial charge in [0, 0.05) is 16.0 Å². The number of fused-ring (bicyclic) bond motifs is 2. The van der Waals surface area contributed by atoms with E-state index in [1.54, 1.807) is 0 Å². The lowest BCUT2D eigenvalue weighted by atomic mass is 9.81. The number of para-hydroxylation sites is 1. The normalized spacial score (nSPS) is 17.1. The lowest BCUT2D eigenvalue weighted by Gasteiger charge is -2.25. The number of aromatic carboxylic acids is 1. The highest BCUT2D eigenvalue weighted by molar-refractivity contribution is 6.30. The standard InChI is InChI=1S/C26H20ClNO3/c1-15-11-17(14-19-9-10-23(31-19)16-5-4-6-18(27)13-16)25-21(12-15)24(26(29)30)20-7-2-3-8-22(20)28-25/h2-10,13-15H,11-12H2,1H3,(H,29,30)/b17-14+. The van der Waals surface area contributed by atoms with Gasteiger partial charge in [0.25, 0.3) is 0 Å². The molecule has 4 nitrogen and oxygen atoms in total. The van der Waals surface area contributed by atoms with E-state index in [0.29, 0.717) is 39.6 Å². The maximum Gasteiger partial charge on any atom is 0.336 e. The molecule has 2 aromatic heterocycles. The molecule has 31 heavy (non-hydrogen) atoms. The van der Waals surface area contributed by atoms with Gasteiger partial charge < -0.3 is 9.52 Å². The van der Waals surface area contributed by atoms with E-state index >= 15 is 0 Å². The fraction of sp³-hybridized carbons (Fsp3) is 0.154. The van der Waals surface area contributed by atoms with Gasteiger partial charge >= 0.3 is 5.97 Å². The van der Waals surface area contributed by atoms with Crippen molar-refractivity contribution in [3.63, 3.8) is 0 Å². The molecule has 1 aliphatic rings. The van der Waals surface area contributed by atoms with Crippen molar-refractivity contribution in [1.29, 1.82) is 0 Å². The number of hydrogen-bond acceptors (Lipinski definition) is 3. The Kier molecular flexibility index (Phi) is 4.87. The minimum atomic E-state index is -0.912. The predicted molar refractivity (Wildman–Crippen MR) is 123 cm³/mol. The highest BCUT2D eigenvalue weighted by Crippen LogP contribution is 2.39. The SMILES string of the molecule is CC1C/C(=C\c2ccc(-c3cccc(Cl)c3)o2)c2nc3ccccc3c(C(=O)O)c2C1. The summed E-state index contributed by atoms with van der Waals surface area (Å²) < 4.78 is 6.06. The van der Waals surface area contributed by atoms with Crippen LogP contribution >= 0.6 is 11.6 Å². The Hall–Kier alpha value is -3.37. The Bertz CT molecular complexity index is 1350. The number of pyridine rings is 1. The summed E-state index contributed by atoms with van der Waals surface area (Å²) in [7, 11) is 0. The first kappa shape index (κ1) is 19.6. The zero-order chi connectivity index (χ0) is 21.5. The summed E-state index contributed by atoms with van der Waals surface area (Å²) >= 11 is 6.11. The van der Waals surface area contributed by atoms with Crippen molar-refractivity contribution in [3.8, 4) is 11.3 Å². The second-order valence-electron chi connectivity index (χ2n) is 8.03. The van der Waals surface area contributed by atoms with Crippen molar-refractivity contribution in [2.45, 2.75) is 19.8 Å². The van der Waals surface area contributed by atoms with Gasteiger partial charge in [0.1, 0.15) is 11.5 Å². The molecule has 1 N–H and O–H groups in total. The van der Waals surface area contributed by atoms with Gasteiger partial charge in [-0.1, -0.05) is 48.9 Å². The number of aromatic nitrogens is 1. The van der Waals surface area contributed by atoms with Gasteiger partial charge in [0.2, 0.25) is 0 Å². The zero-order valence-electron chi connectivity index (χ0n) is 16.9. The van der Waals surface area contributed by atoms with Gasteiger partial charge in [0.05, 0.1) is 16.8 Å². The smallest absolute Gasteiger partial charge is 0.336 e. The summed E-state index contributed by atoms with van der Waals surface area (Å²) in [5, 5.41) is 11.3. The topological polar surface area (TPSA) is 63.3 Å². The van der Waals surface area contributed by atoms with E-state index in [9.17, 15) is 9.90 Å². The first-order chi connectivity index (χ1) is 15.0. The lowest BCUT2D eigenvalue weighted by Crippen LogP contribution is -2.17. The van der Waals surface area contributed by atoms with Gasteiger partial charge in [0.15, 0.2) is 0 Å². The van der Waals surface area contributed by atoms with Crippen molar-refractivity contribution in [1.82, 2.24) is 4.98 Å². The molecule has 2 heterocycles. The quantitative estimate of drug-likeness (QED) is 0.382. The van der Waals surface area contributed by atoms with Gasteiger partial charge in [-0.05, 0) is 66.3 Å². The first-order valence-corrected chi connectivity index (χ1v) is 10.6. The van der Waals surface area contributed by atoms with Crippen molar-refractivity contribution in [2.24, 2.45) is 5.92 Å². The van der Waals surface area contributed by atoms with E-state index in [1.807, 2.05) is 66.7 Å². The van der Waals surface area contributed by atoms with Crippen LogP contribution < -0.4 is 0 Å². The van der Waals surface area contributed by atoms with Gasteiger partial charge in [-0.25, -0.2) is 9.78 Å². The number of benzene rings is 2. The summed E-state index contributed by atoms with van der Waals surface area (Å²) in [4.78, 5) is 17.0. The molecule has 4 aromatic rings. The number of nitrogens with zero attached hydrogens (tertiary/aromatic N) is 1. The second kappa shape index (κ2) is 7.71. The monoisotopic (exact) mass is 429 g/mol. The Morgan fingerprint density at radius 3 is 2.77 bits per heavy atom. The van der Waals surface area contributed by atoms with E-state index < -0.39 is 5.97 Å². The third-order valence-corrected chi connectivity index (χ3v) is 5.92. The molecule has 0 saturated carbocycles. The fourth-order valence-electron chi connectivity index (χ4n) is 4.38. The molecule has 0 aliphatic heterocycles. The predicted octanol–water partition coefficient (Wildman–Crippen LogP) is 6.97. The molecule has 0 fully saturated rings. The molecule has 1 atom stereocenters. The number of furan rings is 1. The number of halogens is 1. The highest BCUT2D eigenvalue weighted by Gasteiger charge is 2.28. The number of rotatable bonds is 3. The highest BCUT2D eigenvalue weighted by atomic mass is 35.5. The number of carboxylic acids is 1. The minimum absolute atomic E-state index is 0.308. The Morgan fingerprint density at radius 1 is 1.13 bits per heavy atom. The number of carboxylic acid groups (broad SMARTS) is 1. The third-order valence-electron chi connectivity index (χ3n) is 5.68. The van der Waals surface area contributed by atoms with Crippen LogP contribution in [0.1, 0.15) is 40.7 Å². The molecule has 0 amide bonds. The number of allylic oxidation sites excluding steroid dienone is 1. The Morgan fingerprint density at radius 2 is 1.97 bits per heavy atom. The van der Waals surface area contributed by atoms with Crippen molar-refractivity contribution in [3.05, 3.63) is 88.3 Å². The molecular weight excluding hydrogens is 410 g/mol. The van der Waals surface area contributed by atoms with Crippen LogP contribution in [0.2, 0.25) is 5.02 Å². The molecular formula is C26H20ClNO3. The van der Waals surface area contributed by atoms with Crippen LogP contribution in [0.4, 0.5) is 0 Å². The van der Waals surface area contributed by atoms with Crippen LogP contribution in [0.3, 0.4) is 0 Å². The molecule has 5 rings (SSSR count). The summed E-state index contributed by atoms with van der Waals surface area (Å²) in [6.07, 6.45) is 3.48. The molecule has 154 valence electrons. The van der Waals surface area contributed by atoms with E-state index in [-0.39, 0.29) is 0 Å². The summed E-state index contributed by atoms with van der Waals surface area (Å²) in [6.45, 7) is 2.14. The van der Waals surface area contributed by atoms with Crippen LogP contribution in [-0.4, -0.2) is 16.1 Å². The molecule has 0 bridgehead atoms. The molecule has 0 radical (unpaired) electrons. The largest absolute Gasteiger partial charge is 0.478 e. The summed E-state index contributed by atoms with van der Waals surface area (Å²) in [5.41, 5.74) is 4.52. The van der Waals surface area contributed by atoms with E-state index in [0.717, 1.165) is 34.6 Å². The van der Waals surface area contributed by atoms with Crippen LogP contribution in [0.25, 0.3) is 33.9 Å². The Labute approximate surface area is 184 Å². The van der Waals surface area contributed by atoms with Crippen LogP contribution in [0.5, 0.6) is 0 Å². The zero-order valence-corrected chi connectivity index (χ0v) is 17.7. The van der Waals surface area contributed by atoms with E-state index in [1.165, 1.54) is 0 Å². The third kappa shape index (κ3) is 3.64. The average molecular weight is 430 g/mol. The van der Waals surface area contributed by atoms with Crippen molar-refractivity contribution >= 4 is 40.1 Å². The summed E-state index contributed by atoms with van der Waals surface area (Å²) in [6, 6.07) is 18.8. The van der Waals surface area contributed by atoms with Crippen LogP contribution in [0.15, 0.2) is 65.1 Å². The molecule has 1 unspecified atom stereocenters. The van der Waals surface area contributed by atoms with Crippen LogP contribution in [0, 0.1) is 5.92 Å². The minimum Gasteiger partial charge on any atom is -0.478 e. The van der Waals surface area contributed by atoms with Gasteiger partial charge in [-0.2, -0.15) is 0 Å². The number of carbonyl (C=O) groups is 1. The van der Waals surface area contributed by atoms with Gasteiger partial charge in [-0.3, -0.25) is 0 Å². The molecule has 2 aromatic carbocycles. The lowest BCUT2D eigenvalue weighted by molar-refractivity contribution is 0.0697. The van der Waals surface area contributed by atoms with E-state index in [4.69, 9.17) is 21.0 Å². The van der Waals surface area contributed by atoms with Crippen molar-refractivity contribution < 1.29 is 14.3 Å². The average Bonchev–Trinajstić information content (AvgIpc) is 3.20. The summed E-state index contributed by atoms with van der Waals surface area (Å²) in [5.74, 6) is 0.833. The number of hydrogen-bond donors (Lipinski definition) is 1. The maximum atomic E-state index is 12.2. The van der Waals surface area contributed by atoms with E-state index in [2.05, 4.69) is 6.92 Å². The fourth-order valence-corrected chi connectivity index (χ4v) is 4.57.